The summed E-state index contributed by atoms with van der Waals surface area (Å²) in [6.45, 7) is 0. The van der Waals surface area contributed by atoms with Crippen LogP contribution in [0.3, 0.4) is 0 Å². The van der Waals surface area contributed by atoms with Crippen molar-refractivity contribution in [3.8, 4) is 11.4 Å². The Balaban J connectivity index is 2.35. The van der Waals surface area contributed by atoms with E-state index in [1.807, 2.05) is 0 Å². The minimum Gasteiger partial charge on any atom is -0.369 e. The van der Waals surface area contributed by atoms with Crippen LogP contribution in [0, 0.1) is 0 Å². The number of aromatic amines is 1. The Bertz CT molecular complexity index is 570. The first kappa shape index (κ1) is 10.2. The summed E-state index contributed by atoms with van der Waals surface area (Å²) in [6, 6.07) is 6.99. The monoisotopic (exact) mass is 219 g/mol. The van der Waals surface area contributed by atoms with Crippen LogP contribution in [0.2, 0.25) is 0 Å². The fraction of sp³-hybridized carbons (Fsp3) is 0.100. The Morgan fingerprint density at radius 1 is 1.50 bits per heavy atom. The van der Waals surface area contributed by atoms with Gasteiger partial charge in [-0.05, 0) is 11.6 Å². The van der Waals surface area contributed by atoms with Crippen LogP contribution in [-0.2, 0) is 11.2 Å². The quantitative estimate of drug-likeness (QED) is 0.761. The number of amides is 1. The van der Waals surface area contributed by atoms with Crippen LogP contribution in [0.15, 0.2) is 33.6 Å². The van der Waals surface area contributed by atoms with Gasteiger partial charge in [0.05, 0.1) is 6.42 Å². The first-order chi connectivity index (χ1) is 7.65. The molecule has 6 nitrogen and oxygen atoms in total. The van der Waals surface area contributed by atoms with Crippen molar-refractivity contribution in [1.29, 1.82) is 0 Å². The van der Waals surface area contributed by atoms with Crippen molar-refractivity contribution < 1.29 is 9.32 Å². The molecule has 0 saturated carbocycles. The van der Waals surface area contributed by atoms with Crippen LogP contribution >= 0.6 is 0 Å². The van der Waals surface area contributed by atoms with E-state index in [1.54, 1.807) is 24.3 Å². The Kier molecular flexibility index (Phi) is 2.55. The lowest BCUT2D eigenvalue weighted by Gasteiger charge is -1.99. The molecule has 0 aliphatic rings. The van der Waals surface area contributed by atoms with Crippen LogP contribution in [0.5, 0.6) is 0 Å². The maximum atomic E-state index is 10.8. The van der Waals surface area contributed by atoms with Gasteiger partial charge in [-0.1, -0.05) is 23.4 Å². The molecule has 1 heterocycles. The molecule has 0 aliphatic carbocycles. The van der Waals surface area contributed by atoms with E-state index in [4.69, 9.17) is 5.73 Å². The molecule has 1 aromatic heterocycles. The number of nitrogens with two attached hydrogens (primary N) is 1. The molecule has 0 unspecified atom stereocenters. The summed E-state index contributed by atoms with van der Waals surface area (Å²) >= 11 is 0. The largest absolute Gasteiger partial charge is 0.439 e. The lowest BCUT2D eigenvalue weighted by molar-refractivity contribution is -0.117. The fourth-order valence-electron chi connectivity index (χ4n) is 1.38. The number of primary amides is 1. The van der Waals surface area contributed by atoms with Crippen molar-refractivity contribution in [3.05, 3.63) is 40.4 Å². The average molecular weight is 219 g/mol. The topological polar surface area (TPSA) is 102 Å². The highest BCUT2D eigenvalue weighted by Gasteiger charge is 2.05. The summed E-state index contributed by atoms with van der Waals surface area (Å²) in [5.41, 5.74) is 6.52. The second kappa shape index (κ2) is 4.01. The molecule has 0 bridgehead atoms. The van der Waals surface area contributed by atoms with Gasteiger partial charge in [-0.2, -0.15) is 0 Å². The Labute approximate surface area is 90.1 Å². The van der Waals surface area contributed by atoms with Gasteiger partial charge in [0.2, 0.25) is 5.91 Å². The average Bonchev–Trinajstić information content (AvgIpc) is 2.64. The van der Waals surface area contributed by atoms with Crippen molar-refractivity contribution in [2.75, 3.05) is 0 Å². The van der Waals surface area contributed by atoms with Crippen LogP contribution in [0.25, 0.3) is 11.4 Å². The van der Waals surface area contributed by atoms with Gasteiger partial charge in [0.15, 0.2) is 5.82 Å². The van der Waals surface area contributed by atoms with E-state index in [2.05, 4.69) is 14.7 Å². The van der Waals surface area contributed by atoms with Crippen LogP contribution < -0.4 is 11.5 Å². The van der Waals surface area contributed by atoms with E-state index < -0.39 is 11.7 Å². The van der Waals surface area contributed by atoms with Crippen molar-refractivity contribution >= 4 is 5.91 Å². The Morgan fingerprint density at radius 3 is 2.94 bits per heavy atom. The molecule has 0 saturated heterocycles. The number of rotatable bonds is 3. The molecule has 16 heavy (non-hydrogen) atoms. The van der Waals surface area contributed by atoms with Crippen molar-refractivity contribution in [2.45, 2.75) is 6.42 Å². The summed E-state index contributed by atoms with van der Waals surface area (Å²) in [4.78, 5) is 23.9. The van der Waals surface area contributed by atoms with E-state index >= 15 is 0 Å². The van der Waals surface area contributed by atoms with Gasteiger partial charge in [0.25, 0.3) is 0 Å². The van der Waals surface area contributed by atoms with Gasteiger partial charge in [0.1, 0.15) is 0 Å². The number of hydrogen-bond acceptors (Lipinski definition) is 4. The third-order valence-corrected chi connectivity index (χ3v) is 2.02. The molecule has 82 valence electrons. The number of nitrogens with one attached hydrogen (secondary N) is 1. The third-order valence-electron chi connectivity index (χ3n) is 2.02. The van der Waals surface area contributed by atoms with Crippen molar-refractivity contribution in [2.24, 2.45) is 5.73 Å². The van der Waals surface area contributed by atoms with E-state index in [0.717, 1.165) is 5.56 Å². The summed E-state index contributed by atoms with van der Waals surface area (Å²) in [5.74, 6) is -0.697. The van der Waals surface area contributed by atoms with E-state index in [1.165, 1.54) is 0 Å². The number of H-pyrrole nitrogens is 1. The van der Waals surface area contributed by atoms with Crippen LogP contribution in [-0.4, -0.2) is 16.0 Å². The molecule has 6 heteroatoms. The molecule has 2 rings (SSSR count). The number of aromatic nitrogens is 2. The maximum Gasteiger partial charge on any atom is 0.439 e. The van der Waals surface area contributed by atoms with Crippen LogP contribution in [0.1, 0.15) is 5.56 Å². The van der Waals surface area contributed by atoms with Gasteiger partial charge in [-0.25, -0.2) is 4.79 Å². The number of benzene rings is 1. The van der Waals surface area contributed by atoms with E-state index in [0.29, 0.717) is 11.4 Å². The van der Waals surface area contributed by atoms with E-state index in [9.17, 15) is 9.59 Å². The zero-order chi connectivity index (χ0) is 11.5. The molecule has 2 aromatic rings. The molecule has 0 aliphatic heterocycles. The maximum absolute atomic E-state index is 10.8. The molecular weight excluding hydrogens is 210 g/mol. The third kappa shape index (κ3) is 2.17. The minimum absolute atomic E-state index is 0.149. The number of carbonyl (C=O) groups is 1. The molecule has 0 spiro atoms. The van der Waals surface area contributed by atoms with Crippen molar-refractivity contribution in [1.82, 2.24) is 10.1 Å². The molecule has 0 atom stereocenters. The minimum atomic E-state index is -0.615. The standard InChI is InChI=1S/C10H9N3O3/c11-8(14)5-6-2-1-3-7(4-6)9-12-10(15)16-13-9/h1-4H,5H2,(H2,11,14)(H,12,13,15). The van der Waals surface area contributed by atoms with Gasteiger partial charge >= 0.3 is 5.76 Å². The molecule has 3 N–H and O–H groups in total. The molecule has 1 aromatic carbocycles. The molecule has 0 fully saturated rings. The first-order valence-corrected chi connectivity index (χ1v) is 4.59. The lowest BCUT2D eigenvalue weighted by Crippen LogP contribution is -2.13. The zero-order valence-electron chi connectivity index (χ0n) is 8.27. The zero-order valence-corrected chi connectivity index (χ0v) is 8.27. The van der Waals surface area contributed by atoms with Gasteiger partial charge in [-0.3, -0.25) is 14.3 Å². The lowest BCUT2D eigenvalue weighted by atomic mass is 10.1. The van der Waals surface area contributed by atoms with Crippen molar-refractivity contribution in [3.63, 3.8) is 0 Å². The summed E-state index contributed by atoms with van der Waals surface area (Å²) in [6.07, 6.45) is 0.149. The van der Waals surface area contributed by atoms with Crippen LogP contribution in [0.4, 0.5) is 0 Å². The normalized spacial score (nSPS) is 10.2. The highest BCUT2D eigenvalue weighted by atomic mass is 16.5. The smallest absolute Gasteiger partial charge is 0.369 e. The second-order valence-corrected chi connectivity index (χ2v) is 3.29. The SMILES string of the molecule is NC(=O)Cc1cccc(-c2noc(=O)[nH]2)c1. The highest BCUT2D eigenvalue weighted by molar-refractivity contribution is 5.77. The molecule has 1 amide bonds. The predicted octanol–water partition coefficient (Wildman–Crippen LogP) is 0.0577. The van der Waals surface area contributed by atoms with Gasteiger partial charge < -0.3 is 5.73 Å². The number of carbonyl (C=O) groups excluding carboxylic acids is 1. The van der Waals surface area contributed by atoms with Gasteiger partial charge in [-0.15, -0.1) is 0 Å². The number of nitrogens with zero attached hydrogens (tertiary/aromatic N) is 1. The predicted molar refractivity (Wildman–Crippen MR) is 55.5 cm³/mol. The second-order valence-electron chi connectivity index (χ2n) is 3.29. The van der Waals surface area contributed by atoms with Gasteiger partial charge in [0, 0.05) is 5.56 Å². The fourth-order valence-corrected chi connectivity index (χ4v) is 1.38. The summed E-state index contributed by atoms with van der Waals surface area (Å²) in [7, 11) is 0. The highest BCUT2D eigenvalue weighted by Crippen LogP contribution is 2.15. The summed E-state index contributed by atoms with van der Waals surface area (Å²) in [5, 5.41) is 3.55. The Hall–Kier alpha value is -2.37. The number of hydrogen-bond donors (Lipinski definition) is 2. The van der Waals surface area contributed by atoms with E-state index in [-0.39, 0.29) is 6.42 Å². The Morgan fingerprint density at radius 2 is 2.31 bits per heavy atom. The first-order valence-electron chi connectivity index (χ1n) is 4.59. The molecular formula is C10H9N3O3. The molecule has 0 radical (unpaired) electrons. The summed E-state index contributed by atoms with van der Waals surface area (Å²) < 4.78 is 4.39.